The van der Waals surface area contributed by atoms with E-state index >= 15 is 0 Å². The quantitative estimate of drug-likeness (QED) is 0.169. The van der Waals surface area contributed by atoms with Crippen molar-refractivity contribution in [2.24, 2.45) is 0 Å². The zero-order valence-electron chi connectivity index (χ0n) is 28.9. The second kappa shape index (κ2) is 10.8. The van der Waals surface area contributed by atoms with Gasteiger partial charge in [-0.1, -0.05) is 91.5 Å². The van der Waals surface area contributed by atoms with Crippen molar-refractivity contribution in [2.75, 3.05) is 0 Å². The monoisotopic (exact) mass is 656 g/mol. The van der Waals surface area contributed by atoms with Gasteiger partial charge in [-0.2, -0.15) is 0 Å². The van der Waals surface area contributed by atoms with Gasteiger partial charge in [-0.3, -0.25) is 4.57 Å². The topological polar surface area (TPSA) is 27.7 Å². The Bertz CT molecular complexity index is 2970. The lowest BCUT2D eigenvalue weighted by Crippen LogP contribution is -2.16. The molecule has 0 aliphatic carbocycles. The van der Waals surface area contributed by atoms with E-state index in [9.17, 15) is 0 Å². The number of allylic oxidation sites excluding steroid dienone is 5. The van der Waals surface area contributed by atoms with Gasteiger partial charge in [0.2, 0.25) is 0 Å². The fourth-order valence-corrected chi connectivity index (χ4v) is 8.52. The molecule has 4 heterocycles. The number of rotatable bonds is 5. The zero-order valence-corrected chi connectivity index (χ0v) is 28.9. The molecular formula is C47H36N4. The van der Waals surface area contributed by atoms with Crippen LogP contribution in [0.2, 0.25) is 0 Å². The number of imidazole rings is 1. The first-order chi connectivity index (χ1) is 25.0. The van der Waals surface area contributed by atoms with E-state index in [-0.39, 0.29) is 5.41 Å². The SMILES string of the molecule is C=C/C(=C\C=C/C)n1c2ccccc2c2cc(-c3ccc4c(c3)c3ccccc3n4-c3cccc4c3nc3n4-c4ccccc4C3(C)C)ccc21. The van der Waals surface area contributed by atoms with Crippen LogP contribution in [0.25, 0.3) is 82.8 Å². The van der Waals surface area contributed by atoms with E-state index in [4.69, 9.17) is 4.98 Å². The first kappa shape index (κ1) is 29.5. The molecule has 0 fully saturated rings. The Hall–Kier alpha value is -6.39. The smallest absolute Gasteiger partial charge is 0.124 e. The third-order valence-corrected chi connectivity index (χ3v) is 10.9. The van der Waals surface area contributed by atoms with Gasteiger partial charge < -0.3 is 9.13 Å². The van der Waals surface area contributed by atoms with E-state index in [1.807, 2.05) is 19.1 Å². The molecule has 0 radical (unpaired) electrons. The first-order valence-corrected chi connectivity index (χ1v) is 17.6. The van der Waals surface area contributed by atoms with Crippen LogP contribution < -0.4 is 0 Å². The van der Waals surface area contributed by atoms with Crippen molar-refractivity contribution in [3.05, 3.63) is 170 Å². The van der Waals surface area contributed by atoms with Crippen molar-refractivity contribution in [3.8, 4) is 22.5 Å². The summed E-state index contributed by atoms with van der Waals surface area (Å²) in [5, 5.41) is 4.91. The van der Waals surface area contributed by atoms with Gasteiger partial charge in [0.25, 0.3) is 0 Å². The van der Waals surface area contributed by atoms with Crippen LogP contribution in [0.3, 0.4) is 0 Å². The molecule has 0 saturated carbocycles. The van der Waals surface area contributed by atoms with Crippen LogP contribution in [-0.2, 0) is 5.41 Å². The second-order valence-electron chi connectivity index (χ2n) is 14.0. The van der Waals surface area contributed by atoms with Crippen LogP contribution in [-0.4, -0.2) is 18.7 Å². The molecule has 244 valence electrons. The van der Waals surface area contributed by atoms with E-state index < -0.39 is 0 Å². The van der Waals surface area contributed by atoms with Gasteiger partial charge in [-0.05, 0) is 104 Å². The lowest BCUT2D eigenvalue weighted by atomic mass is 9.86. The molecule has 0 bridgehead atoms. The number of benzene rings is 6. The maximum absolute atomic E-state index is 5.41. The summed E-state index contributed by atoms with van der Waals surface area (Å²) in [7, 11) is 0. The minimum absolute atomic E-state index is 0.188. The van der Waals surface area contributed by atoms with E-state index in [1.165, 1.54) is 66.0 Å². The van der Waals surface area contributed by atoms with E-state index in [0.29, 0.717) is 0 Å². The molecule has 0 N–H and O–H groups in total. The van der Waals surface area contributed by atoms with Crippen molar-refractivity contribution in [3.63, 3.8) is 0 Å². The number of para-hydroxylation sites is 4. The van der Waals surface area contributed by atoms with E-state index in [0.717, 1.165) is 28.2 Å². The molecule has 4 heteroatoms. The third-order valence-electron chi connectivity index (χ3n) is 10.9. The maximum Gasteiger partial charge on any atom is 0.124 e. The molecule has 3 aromatic heterocycles. The van der Waals surface area contributed by atoms with Gasteiger partial charge in [0, 0.05) is 27.2 Å². The number of hydrogen-bond donors (Lipinski definition) is 0. The minimum atomic E-state index is -0.188. The summed E-state index contributed by atoms with van der Waals surface area (Å²) in [5.74, 6) is 1.09. The Morgan fingerprint density at radius 1 is 0.608 bits per heavy atom. The second-order valence-corrected chi connectivity index (χ2v) is 14.0. The molecule has 51 heavy (non-hydrogen) atoms. The third kappa shape index (κ3) is 4.05. The van der Waals surface area contributed by atoms with Crippen molar-refractivity contribution in [2.45, 2.75) is 26.2 Å². The lowest BCUT2D eigenvalue weighted by molar-refractivity contribution is 0.621. The summed E-state index contributed by atoms with van der Waals surface area (Å²) in [5.41, 5.74) is 13.7. The van der Waals surface area contributed by atoms with E-state index in [1.54, 1.807) is 0 Å². The predicted molar refractivity (Wildman–Crippen MR) is 215 cm³/mol. The Kier molecular flexibility index (Phi) is 6.25. The number of fused-ring (bicyclic) bond motifs is 11. The molecule has 0 unspecified atom stereocenters. The molecule has 10 rings (SSSR count). The van der Waals surface area contributed by atoms with Gasteiger partial charge in [-0.25, -0.2) is 4.98 Å². The van der Waals surface area contributed by atoms with Crippen LogP contribution in [0, 0.1) is 0 Å². The highest BCUT2D eigenvalue weighted by Crippen LogP contribution is 2.46. The number of nitrogens with zero attached hydrogens (tertiary/aromatic N) is 4. The molecule has 0 amide bonds. The molecule has 4 nitrogen and oxygen atoms in total. The number of hydrogen-bond acceptors (Lipinski definition) is 1. The average Bonchev–Trinajstić information content (AvgIpc) is 3.88. The van der Waals surface area contributed by atoms with Crippen molar-refractivity contribution >= 4 is 60.3 Å². The highest BCUT2D eigenvalue weighted by atomic mass is 15.1. The van der Waals surface area contributed by atoms with Gasteiger partial charge in [0.1, 0.15) is 11.3 Å². The fourth-order valence-electron chi connectivity index (χ4n) is 8.52. The highest BCUT2D eigenvalue weighted by molar-refractivity contribution is 6.13. The summed E-state index contributed by atoms with van der Waals surface area (Å²) in [6.45, 7) is 10.7. The van der Waals surface area contributed by atoms with Gasteiger partial charge in [0.15, 0.2) is 0 Å². The fraction of sp³-hybridized carbons (Fsp3) is 0.0851. The highest BCUT2D eigenvalue weighted by Gasteiger charge is 2.39. The maximum atomic E-state index is 5.41. The summed E-state index contributed by atoms with van der Waals surface area (Å²) in [4.78, 5) is 5.41. The van der Waals surface area contributed by atoms with Crippen molar-refractivity contribution in [1.29, 1.82) is 0 Å². The Balaban J connectivity index is 1.17. The summed E-state index contributed by atoms with van der Waals surface area (Å²) < 4.78 is 7.08. The summed E-state index contributed by atoms with van der Waals surface area (Å²) in [6, 6.07) is 46.5. The van der Waals surface area contributed by atoms with Gasteiger partial charge in [-0.15, -0.1) is 0 Å². The molecule has 6 aromatic carbocycles. The number of aromatic nitrogens is 4. The predicted octanol–water partition coefficient (Wildman–Crippen LogP) is 12.1. The molecule has 0 saturated heterocycles. The molecule has 1 aliphatic rings. The zero-order chi connectivity index (χ0) is 34.4. The van der Waals surface area contributed by atoms with E-state index in [2.05, 4.69) is 174 Å². The van der Waals surface area contributed by atoms with Crippen molar-refractivity contribution in [1.82, 2.24) is 18.7 Å². The van der Waals surface area contributed by atoms with Crippen LogP contribution >= 0.6 is 0 Å². The molecule has 0 atom stereocenters. The molecule has 9 aromatic rings. The Morgan fingerprint density at radius 3 is 1.96 bits per heavy atom. The summed E-state index contributed by atoms with van der Waals surface area (Å²) in [6.07, 6.45) is 8.16. The normalized spacial score (nSPS) is 14.1. The standard InChI is InChI=1S/C47H36N4/c1-5-7-15-32(6-2)49-38-19-11-8-16-33(38)35-28-30(24-26-40(35)49)31-25-27-41-36(29-31)34-17-9-12-20-39(34)50(41)43-22-14-23-44-45(43)48-46-47(3,4)37-18-10-13-21-42(37)51(44)46/h5-29H,2H2,1,3-4H3/b7-5-,32-15+. The molecular weight excluding hydrogens is 621 g/mol. The summed E-state index contributed by atoms with van der Waals surface area (Å²) >= 11 is 0. The van der Waals surface area contributed by atoms with Gasteiger partial charge >= 0.3 is 0 Å². The van der Waals surface area contributed by atoms with Crippen molar-refractivity contribution < 1.29 is 0 Å². The largest absolute Gasteiger partial charge is 0.309 e. The average molecular weight is 657 g/mol. The molecule has 1 aliphatic heterocycles. The molecule has 0 spiro atoms. The minimum Gasteiger partial charge on any atom is -0.309 e. The first-order valence-electron chi connectivity index (χ1n) is 17.6. The van der Waals surface area contributed by atoms with Crippen LogP contribution in [0.4, 0.5) is 0 Å². The van der Waals surface area contributed by atoms with Crippen LogP contribution in [0.1, 0.15) is 32.2 Å². The van der Waals surface area contributed by atoms with Gasteiger partial charge in [0.05, 0.1) is 44.4 Å². The van der Waals surface area contributed by atoms with Crippen LogP contribution in [0.15, 0.2) is 158 Å². The van der Waals surface area contributed by atoms with Crippen LogP contribution in [0.5, 0.6) is 0 Å². The lowest BCUT2D eigenvalue weighted by Gasteiger charge is -2.17. The Labute approximate surface area is 296 Å². The Morgan fingerprint density at radius 2 is 1.20 bits per heavy atom.